The molecule has 1 N–H and O–H groups in total. The second kappa shape index (κ2) is 15.1. The fourth-order valence-corrected chi connectivity index (χ4v) is 7.32. The maximum atomic E-state index is 14.6. The average Bonchev–Trinajstić information content (AvgIpc) is 3.60. The van der Waals surface area contributed by atoms with E-state index in [-0.39, 0.29) is 29.8 Å². The summed E-state index contributed by atoms with van der Waals surface area (Å²) in [6.07, 6.45) is 4.18. The number of hydrogen-bond acceptors (Lipinski definition) is 5. The van der Waals surface area contributed by atoms with Crippen LogP contribution in [0, 0.1) is 6.92 Å². The highest BCUT2D eigenvalue weighted by atomic mass is 32.2. The monoisotopic (exact) mass is 639 g/mol. The highest BCUT2D eigenvalue weighted by Gasteiger charge is 2.35. The van der Waals surface area contributed by atoms with Crippen molar-refractivity contribution < 1.29 is 22.7 Å². The van der Waals surface area contributed by atoms with Crippen LogP contribution in [0.4, 0.5) is 5.69 Å². The van der Waals surface area contributed by atoms with Crippen molar-refractivity contribution in [3.63, 3.8) is 0 Å². The topological polar surface area (TPSA) is 96.0 Å². The summed E-state index contributed by atoms with van der Waals surface area (Å²) in [5, 5.41) is 3.21. The Kier molecular flexibility index (Phi) is 10.8. The highest BCUT2D eigenvalue weighted by molar-refractivity contribution is 7.92. The number of amides is 2. The zero-order valence-electron chi connectivity index (χ0n) is 26.3. The number of carbonyl (C=O) groups excluding carboxylic acids is 2. The van der Waals surface area contributed by atoms with Gasteiger partial charge >= 0.3 is 0 Å². The van der Waals surface area contributed by atoms with E-state index in [1.807, 2.05) is 61.5 Å². The van der Waals surface area contributed by atoms with Crippen molar-refractivity contribution in [2.75, 3.05) is 18.0 Å². The molecule has 1 fully saturated rings. The lowest BCUT2D eigenvalue weighted by molar-refractivity contribution is -0.140. The van der Waals surface area contributed by atoms with Gasteiger partial charge in [-0.05, 0) is 72.9 Å². The summed E-state index contributed by atoms with van der Waals surface area (Å²) in [6, 6.07) is 31.1. The number of carbonyl (C=O) groups is 2. The molecule has 0 aromatic heterocycles. The van der Waals surface area contributed by atoms with Crippen molar-refractivity contribution in [2.24, 2.45) is 0 Å². The number of methoxy groups -OCH3 is 1. The van der Waals surface area contributed by atoms with Gasteiger partial charge < -0.3 is 15.0 Å². The second-order valence-corrected chi connectivity index (χ2v) is 13.5. The smallest absolute Gasteiger partial charge is 0.264 e. The third-order valence-electron chi connectivity index (χ3n) is 8.55. The van der Waals surface area contributed by atoms with Crippen molar-refractivity contribution in [3.8, 4) is 5.75 Å². The molecule has 0 bridgehead atoms. The molecule has 2 amide bonds. The quantitative estimate of drug-likeness (QED) is 0.197. The van der Waals surface area contributed by atoms with Crippen LogP contribution in [0.25, 0.3) is 0 Å². The molecule has 1 aliphatic rings. The average molecular weight is 640 g/mol. The number of benzene rings is 4. The zero-order chi connectivity index (χ0) is 32.5. The molecular formula is C37H41N3O5S. The van der Waals surface area contributed by atoms with Gasteiger partial charge in [0.2, 0.25) is 11.8 Å². The Morgan fingerprint density at radius 2 is 1.46 bits per heavy atom. The first-order valence-electron chi connectivity index (χ1n) is 15.7. The van der Waals surface area contributed by atoms with Crippen molar-refractivity contribution in [1.29, 1.82) is 0 Å². The molecule has 0 spiro atoms. The summed E-state index contributed by atoms with van der Waals surface area (Å²) < 4.78 is 34.7. The molecule has 1 saturated carbocycles. The number of hydrogen-bond donors (Lipinski definition) is 1. The van der Waals surface area contributed by atoms with E-state index in [2.05, 4.69) is 5.32 Å². The highest BCUT2D eigenvalue weighted by Crippen LogP contribution is 2.27. The molecule has 0 heterocycles. The van der Waals surface area contributed by atoms with E-state index >= 15 is 0 Å². The van der Waals surface area contributed by atoms with Crippen LogP contribution in [0.3, 0.4) is 0 Å². The molecule has 0 saturated heterocycles. The number of ether oxygens (including phenoxy) is 1. The summed E-state index contributed by atoms with van der Waals surface area (Å²) in [5.74, 6) is -0.166. The molecule has 4 aromatic carbocycles. The Morgan fingerprint density at radius 1 is 0.848 bits per heavy atom. The van der Waals surface area contributed by atoms with Crippen LogP contribution in [-0.4, -0.2) is 50.9 Å². The Bertz CT molecular complexity index is 1710. The van der Waals surface area contributed by atoms with Crippen molar-refractivity contribution >= 4 is 27.5 Å². The third kappa shape index (κ3) is 7.95. The number of aryl methyl sites for hydroxylation is 1. The number of anilines is 1. The van der Waals surface area contributed by atoms with E-state index in [9.17, 15) is 18.0 Å². The first kappa shape index (κ1) is 32.8. The minimum atomic E-state index is -4.16. The van der Waals surface area contributed by atoms with E-state index in [1.165, 1.54) is 19.2 Å². The second-order valence-electron chi connectivity index (χ2n) is 11.7. The van der Waals surface area contributed by atoms with Gasteiger partial charge in [-0.15, -0.1) is 0 Å². The standard InChI is InChI=1S/C37H41N3O5S/c1-28-13-9-10-16-30(28)26-39(35(25-29-14-5-3-6-15-29)37(42)38-31-17-11-12-18-31)36(41)27-40(32-21-23-33(45-2)24-22-32)46(43,44)34-19-7-4-8-20-34/h3-10,13-16,19-24,31,35H,11-12,17-18,25-27H2,1-2H3,(H,38,42)/t35-/m1/s1. The fraction of sp³-hybridized carbons (Fsp3) is 0.297. The SMILES string of the molecule is COc1ccc(N(CC(=O)N(Cc2ccccc2C)[C@H](Cc2ccccc2)C(=O)NC2CCCC2)S(=O)(=O)c2ccccc2)cc1. The normalized spacial score (nSPS) is 14.0. The van der Waals surface area contributed by atoms with E-state index in [1.54, 1.807) is 47.4 Å². The van der Waals surface area contributed by atoms with Crippen molar-refractivity contribution in [3.05, 3.63) is 126 Å². The van der Waals surface area contributed by atoms with Crippen LogP contribution >= 0.6 is 0 Å². The molecule has 9 heteroatoms. The number of sulfonamides is 1. The minimum absolute atomic E-state index is 0.0513. The predicted octanol–water partition coefficient (Wildman–Crippen LogP) is 5.90. The first-order valence-corrected chi connectivity index (χ1v) is 17.1. The summed E-state index contributed by atoms with van der Waals surface area (Å²) in [5.41, 5.74) is 3.06. The van der Waals surface area contributed by atoms with Crippen LogP contribution in [0.15, 0.2) is 114 Å². The Labute approximate surface area is 272 Å². The van der Waals surface area contributed by atoms with E-state index in [4.69, 9.17) is 4.74 Å². The lowest BCUT2D eigenvalue weighted by Crippen LogP contribution is -2.54. The summed E-state index contributed by atoms with van der Waals surface area (Å²) >= 11 is 0. The molecule has 0 aliphatic heterocycles. The number of nitrogens with zero attached hydrogens (tertiary/aromatic N) is 2. The number of rotatable bonds is 13. The molecule has 4 aromatic rings. The van der Waals surface area contributed by atoms with E-state index < -0.39 is 28.5 Å². The van der Waals surface area contributed by atoms with E-state index in [0.717, 1.165) is 46.7 Å². The van der Waals surface area contributed by atoms with Gasteiger partial charge in [-0.2, -0.15) is 0 Å². The Morgan fingerprint density at radius 3 is 2.09 bits per heavy atom. The first-order chi connectivity index (χ1) is 22.3. The molecule has 1 atom stereocenters. The minimum Gasteiger partial charge on any atom is -0.497 e. The van der Waals surface area contributed by atoms with Crippen molar-refractivity contribution in [1.82, 2.24) is 10.2 Å². The van der Waals surface area contributed by atoms with Crippen molar-refractivity contribution in [2.45, 2.75) is 62.6 Å². The zero-order valence-corrected chi connectivity index (χ0v) is 27.2. The maximum absolute atomic E-state index is 14.6. The van der Waals surface area contributed by atoms with Crippen LogP contribution in [0.2, 0.25) is 0 Å². The molecular weight excluding hydrogens is 598 g/mol. The van der Waals surface area contributed by atoms with Gasteiger partial charge in [-0.25, -0.2) is 8.42 Å². The molecule has 46 heavy (non-hydrogen) atoms. The third-order valence-corrected chi connectivity index (χ3v) is 10.3. The lowest BCUT2D eigenvalue weighted by Gasteiger charge is -2.34. The van der Waals surface area contributed by atoms with Gasteiger partial charge in [0.05, 0.1) is 17.7 Å². The van der Waals surface area contributed by atoms with Gasteiger partial charge in [-0.3, -0.25) is 13.9 Å². The Hall–Kier alpha value is -4.63. The summed E-state index contributed by atoms with van der Waals surface area (Å²) in [7, 11) is -2.63. The summed E-state index contributed by atoms with van der Waals surface area (Å²) in [4.78, 5) is 30.4. The maximum Gasteiger partial charge on any atom is 0.264 e. The van der Waals surface area contributed by atoms with Gasteiger partial charge in [0, 0.05) is 19.0 Å². The van der Waals surface area contributed by atoms with Crippen LogP contribution in [0.5, 0.6) is 5.75 Å². The fourth-order valence-electron chi connectivity index (χ4n) is 5.89. The molecule has 5 rings (SSSR count). The molecule has 240 valence electrons. The lowest BCUT2D eigenvalue weighted by atomic mass is 10.0. The molecule has 0 radical (unpaired) electrons. The summed E-state index contributed by atoms with van der Waals surface area (Å²) in [6.45, 7) is 1.60. The number of nitrogens with one attached hydrogen (secondary N) is 1. The van der Waals surface area contributed by atoms with Crippen LogP contribution < -0.4 is 14.4 Å². The van der Waals surface area contributed by atoms with Gasteiger partial charge in [0.25, 0.3) is 10.0 Å². The molecule has 8 nitrogen and oxygen atoms in total. The Balaban J connectivity index is 1.56. The molecule has 0 unspecified atom stereocenters. The molecule has 1 aliphatic carbocycles. The van der Waals surface area contributed by atoms with Crippen LogP contribution in [0.1, 0.15) is 42.4 Å². The van der Waals surface area contributed by atoms with Gasteiger partial charge in [-0.1, -0.05) is 85.6 Å². The largest absolute Gasteiger partial charge is 0.497 e. The van der Waals surface area contributed by atoms with Crippen LogP contribution in [-0.2, 0) is 32.6 Å². The van der Waals surface area contributed by atoms with Gasteiger partial charge in [0.15, 0.2) is 0 Å². The van der Waals surface area contributed by atoms with Gasteiger partial charge in [0.1, 0.15) is 18.3 Å². The predicted molar refractivity (Wildman–Crippen MR) is 180 cm³/mol. The van der Waals surface area contributed by atoms with E-state index in [0.29, 0.717) is 11.4 Å².